The summed E-state index contributed by atoms with van der Waals surface area (Å²) in [7, 11) is 0. The number of urea groups is 1. The molecule has 6 heteroatoms. The van der Waals surface area contributed by atoms with Crippen molar-refractivity contribution in [3.63, 3.8) is 0 Å². The molecule has 1 aromatic heterocycles. The van der Waals surface area contributed by atoms with Crippen LogP contribution < -0.4 is 4.90 Å². The second-order valence-electron chi connectivity index (χ2n) is 5.92. The molecule has 5 nitrogen and oxygen atoms in total. The molecule has 0 N–H and O–H groups in total. The minimum Gasteiger partial charge on any atom is -0.311 e. The lowest BCUT2D eigenvalue weighted by atomic mass is 10.2. The molecular formula is C17H28N4OS. The third kappa shape index (κ3) is 4.12. The van der Waals surface area contributed by atoms with Gasteiger partial charge in [0.15, 0.2) is 0 Å². The maximum absolute atomic E-state index is 12.9. The van der Waals surface area contributed by atoms with Crippen LogP contribution in [0.3, 0.4) is 0 Å². The molecule has 0 atom stereocenters. The molecule has 23 heavy (non-hydrogen) atoms. The molecule has 2 amide bonds. The molecule has 1 aromatic rings. The van der Waals surface area contributed by atoms with Crippen molar-refractivity contribution in [1.82, 2.24) is 14.2 Å². The van der Waals surface area contributed by atoms with Gasteiger partial charge in [0.2, 0.25) is 0 Å². The molecule has 1 saturated heterocycles. The average molecular weight is 337 g/mol. The highest BCUT2D eigenvalue weighted by atomic mass is 32.1. The van der Waals surface area contributed by atoms with Gasteiger partial charge in [-0.1, -0.05) is 26.0 Å². The molecule has 1 fully saturated rings. The normalized spacial score (nSPS) is 16.8. The molecule has 2 rings (SSSR count). The lowest BCUT2D eigenvalue weighted by Gasteiger charge is -2.41. The molecule has 0 aromatic carbocycles. The van der Waals surface area contributed by atoms with E-state index in [0.29, 0.717) is 6.67 Å². The van der Waals surface area contributed by atoms with Crippen LogP contribution in [0.1, 0.15) is 44.9 Å². The van der Waals surface area contributed by atoms with E-state index in [4.69, 9.17) is 0 Å². The molecule has 0 unspecified atom stereocenters. The van der Waals surface area contributed by atoms with E-state index in [-0.39, 0.29) is 6.03 Å². The van der Waals surface area contributed by atoms with E-state index in [2.05, 4.69) is 36.1 Å². The van der Waals surface area contributed by atoms with Gasteiger partial charge in [-0.15, -0.1) is 0 Å². The van der Waals surface area contributed by atoms with Gasteiger partial charge in [0.1, 0.15) is 5.00 Å². The van der Waals surface area contributed by atoms with Crippen molar-refractivity contribution in [2.75, 3.05) is 31.3 Å². The van der Waals surface area contributed by atoms with Gasteiger partial charge in [-0.3, -0.25) is 9.80 Å². The summed E-state index contributed by atoms with van der Waals surface area (Å²) in [5.41, 5.74) is 2.25. The first-order valence-corrected chi connectivity index (χ1v) is 9.24. The number of hydrogen-bond donors (Lipinski definition) is 0. The van der Waals surface area contributed by atoms with Gasteiger partial charge < -0.3 is 4.90 Å². The van der Waals surface area contributed by atoms with Crippen LogP contribution >= 0.6 is 11.5 Å². The monoisotopic (exact) mass is 336 g/mol. The smallest absolute Gasteiger partial charge is 0.311 e. The van der Waals surface area contributed by atoms with E-state index in [0.717, 1.165) is 55.3 Å². The van der Waals surface area contributed by atoms with E-state index >= 15 is 0 Å². The van der Waals surface area contributed by atoms with Gasteiger partial charge in [-0.05, 0) is 44.6 Å². The molecule has 1 aliphatic rings. The van der Waals surface area contributed by atoms with Crippen LogP contribution in [0.15, 0.2) is 12.2 Å². The van der Waals surface area contributed by atoms with Crippen molar-refractivity contribution in [2.24, 2.45) is 0 Å². The summed E-state index contributed by atoms with van der Waals surface area (Å²) in [5, 5.41) is 1.00. The van der Waals surface area contributed by atoms with Crippen molar-refractivity contribution in [2.45, 2.75) is 47.0 Å². The second kappa shape index (κ2) is 8.45. The van der Waals surface area contributed by atoms with Crippen molar-refractivity contribution >= 4 is 22.6 Å². The van der Waals surface area contributed by atoms with Crippen LogP contribution in [0.2, 0.25) is 0 Å². The summed E-state index contributed by atoms with van der Waals surface area (Å²) in [4.78, 5) is 19.1. The van der Waals surface area contributed by atoms with Crippen molar-refractivity contribution in [3.05, 3.63) is 23.4 Å². The fourth-order valence-corrected chi connectivity index (χ4v) is 3.84. The number of aromatic nitrogens is 1. The highest BCUT2D eigenvalue weighted by Crippen LogP contribution is 2.31. The number of anilines is 1. The first-order valence-electron chi connectivity index (χ1n) is 8.47. The topological polar surface area (TPSA) is 39.7 Å². The Morgan fingerprint density at radius 1 is 1.26 bits per heavy atom. The summed E-state index contributed by atoms with van der Waals surface area (Å²) in [6.45, 7) is 11.5. The average Bonchev–Trinajstić information content (AvgIpc) is 2.91. The molecule has 0 aliphatic carbocycles. The van der Waals surface area contributed by atoms with E-state index in [1.807, 2.05) is 22.8 Å². The highest BCUT2D eigenvalue weighted by molar-refractivity contribution is 7.10. The number of amides is 2. The maximum atomic E-state index is 12.9. The van der Waals surface area contributed by atoms with Crippen LogP contribution in [-0.2, 0) is 6.42 Å². The number of aryl methyl sites for hydroxylation is 1. The van der Waals surface area contributed by atoms with Gasteiger partial charge in [0.25, 0.3) is 0 Å². The van der Waals surface area contributed by atoms with Crippen LogP contribution in [0, 0.1) is 6.92 Å². The molecule has 0 saturated carbocycles. The van der Waals surface area contributed by atoms with Gasteiger partial charge in [0, 0.05) is 18.7 Å². The SMILES string of the molecule is CC=CCCN1CN(CCC)CN(c2snc(CC)c2C)C1=O. The lowest BCUT2D eigenvalue weighted by Crippen LogP contribution is -2.58. The van der Waals surface area contributed by atoms with Crippen molar-refractivity contribution < 1.29 is 4.79 Å². The Morgan fingerprint density at radius 2 is 2.04 bits per heavy atom. The summed E-state index contributed by atoms with van der Waals surface area (Å²) in [6.07, 6.45) is 7.05. The number of carbonyl (C=O) groups excluding carboxylic acids is 1. The Kier molecular flexibility index (Phi) is 6.59. The Morgan fingerprint density at radius 3 is 2.65 bits per heavy atom. The quantitative estimate of drug-likeness (QED) is 0.710. The Labute approximate surface area is 143 Å². The summed E-state index contributed by atoms with van der Waals surface area (Å²) in [5.74, 6) is 0. The van der Waals surface area contributed by atoms with Gasteiger partial charge in [-0.2, -0.15) is 4.37 Å². The zero-order chi connectivity index (χ0) is 16.8. The molecular weight excluding hydrogens is 308 g/mol. The number of hydrogen-bond acceptors (Lipinski definition) is 4. The van der Waals surface area contributed by atoms with Crippen LogP contribution in [0.5, 0.6) is 0 Å². The maximum Gasteiger partial charge on any atom is 0.327 e. The molecule has 128 valence electrons. The molecule has 0 radical (unpaired) electrons. The Bertz CT molecular complexity index is 555. The Balaban J connectivity index is 2.21. The van der Waals surface area contributed by atoms with Crippen molar-refractivity contribution in [3.8, 4) is 0 Å². The van der Waals surface area contributed by atoms with Crippen LogP contribution in [-0.4, -0.2) is 46.6 Å². The van der Waals surface area contributed by atoms with Gasteiger partial charge in [0.05, 0.1) is 19.0 Å². The number of allylic oxidation sites excluding steroid dienone is 1. The predicted octanol–water partition coefficient (Wildman–Crippen LogP) is 3.85. The van der Waals surface area contributed by atoms with Gasteiger partial charge in [-0.25, -0.2) is 4.79 Å². The summed E-state index contributed by atoms with van der Waals surface area (Å²) in [6, 6.07) is 0.108. The highest BCUT2D eigenvalue weighted by Gasteiger charge is 2.32. The minimum atomic E-state index is 0.108. The largest absolute Gasteiger partial charge is 0.327 e. The second-order valence-corrected chi connectivity index (χ2v) is 6.67. The fraction of sp³-hybridized carbons (Fsp3) is 0.647. The first-order chi connectivity index (χ1) is 11.1. The third-order valence-electron chi connectivity index (χ3n) is 4.13. The van der Waals surface area contributed by atoms with E-state index in [9.17, 15) is 4.79 Å². The van der Waals surface area contributed by atoms with Gasteiger partial charge >= 0.3 is 6.03 Å². The molecule has 2 heterocycles. The van der Waals surface area contributed by atoms with Crippen molar-refractivity contribution in [1.29, 1.82) is 0 Å². The van der Waals surface area contributed by atoms with E-state index in [1.54, 1.807) is 0 Å². The van der Waals surface area contributed by atoms with Crippen LogP contribution in [0.4, 0.5) is 9.80 Å². The number of carbonyl (C=O) groups is 1. The molecule has 1 aliphatic heterocycles. The van der Waals surface area contributed by atoms with E-state index in [1.165, 1.54) is 11.5 Å². The van der Waals surface area contributed by atoms with Crippen LogP contribution in [0.25, 0.3) is 0 Å². The third-order valence-corrected chi connectivity index (χ3v) is 5.14. The summed E-state index contributed by atoms with van der Waals surface area (Å²) >= 11 is 1.45. The standard InChI is InChI=1S/C17H28N4OS/c1-5-8-9-11-20-12-19(10-6-2)13-21(17(20)22)16-14(4)15(7-3)18-23-16/h5,8H,6-7,9-13H2,1-4H3. The molecule has 0 bridgehead atoms. The van der Waals surface area contributed by atoms with E-state index < -0.39 is 0 Å². The molecule has 0 spiro atoms. The first kappa shape index (κ1) is 17.9. The number of nitrogens with zero attached hydrogens (tertiary/aromatic N) is 4. The Hall–Kier alpha value is -1.40. The zero-order valence-electron chi connectivity index (χ0n) is 14.7. The minimum absolute atomic E-state index is 0.108. The fourth-order valence-electron chi connectivity index (χ4n) is 2.89. The lowest BCUT2D eigenvalue weighted by molar-refractivity contribution is 0.116. The predicted molar refractivity (Wildman–Crippen MR) is 97.0 cm³/mol. The zero-order valence-corrected chi connectivity index (χ0v) is 15.5. The summed E-state index contributed by atoms with van der Waals surface area (Å²) < 4.78 is 4.51. The number of rotatable bonds is 7.